The molecule has 1 heterocycles. The molecule has 2 aliphatic rings. The molecule has 5 rings (SSSR count). The highest BCUT2D eigenvalue weighted by atomic mass is 32.2. The molecule has 1 N–H and O–H groups in total. The van der Waals surface area contributed by atoms with Crippen molar-refractivity contribution in [2.45, 2.75) is 41.8 Å². The summed E-state index contributed by atoms with van der Waals surface area (Å²) < 4.78 is 3.44. The minimum absolute atomic E-state index is 0.0336. The molecule has 7 heteroatoms. The Morgan fingerprint density at radius 1 is 1.10 bits per heavy atom. The minimum Gasteiger partial charge on any atom is -0.349 e. The molecule has 0 saturated heterocycles. The number of nitrogens with zero attached hydrogens (tertiary/aromatic N) is 2. The minimum atomic E-state index is 0.0336. The SMILES string of the molecule is O=C(NC(C1CC1)C1CC1)c1ccc(-n2nc(SCc3ccccc3)sc2=S)cc1. The normalized spacial score (nSPS) is 16.0. The molecule has 0 unspecified atom stereocenters. The quantitative estimate of drug-likeness (QED) is 0.342. The number of rotatable bonds is 8. The van der Waals surface area contributed by atoms with E-state index in [1.807, 2.05) is 42.5 Å². The summed E-state index contributed by atoms with van der Waals surface area (Å²) in [7, 11) is 0. The van der Waals surface area contributed by atoms with Crippen molar-refractivity contribution < 1.29 is 4.79 Å². The summed E-state index contributed by atoms with van der Waals surface area (Å²) in [5, 5.41) is 7.96. The number of nitrogens with one attached hydrogen (secondary N) is 1. The van der Waals surface area contributed by atoms with Gasteiger partial charge in [0.05, 0.1) is 5.69 Å². The summed E-state index contributed by atoms with van der Waals surface area (Å²) in [4.78, 5) is 12.7. The van der Waals surface area contributed by atoms with E-state index in [9.17, 15) is 4.79 Å². The van der Waals surface area contributed by atoms with Crippen molar-refractivity contribution in [3.8, 4) is 5.69 Å². The summed E-state index contributed by atoms with van der Waals surface area (Å²) in [5.74, 6) is 2.29. The zero-order valence-corrected chi connectivity index (χ0v) is 18.9. The average Bonchev–Trinajstić information content (AvgIpc) is 3.70. The van der Waals surface area contributed by atoms with E-state index in [1.54, 1.807) is 16.4 Å². The van der Waals surface area contributed by atoms with Gasteiger partial charge in [0, 0.05) is 17.4 Å². The van der Waals surface area contributed by atoms with Gasteiger partial charge in [-0.3, -0.25) is 4.79 Å². The summed E-state index contributed by atoms with van der Waals surface area (Å²) in [6, 6.07) is 18.3. The van der Waals surface area contributed by atoms with Crippen LogP contribution < -0.4 is 5.32 Å². The third-order valence-corrected chi connectivity index (χ3v) is 8.10. The van der Waals surface area contributed by atoms with E-state index in [0.717, 1.165) is 15.8 Å². The highest BCUT2D eigenvalue weighted by Gasteiger charge is 2.42. The zero-order chi connectivity index (χ0) is 20.5. The lowest BCUT2D eigenvalue weighted by Crippen LogP contribution is -2.38. The molecule has 30 heavy (non-hydrogen) atoms. The maximum atomic E-state index is 12.7. The van der Waals surface area contributed by atoms with Gasteiger partial charge >= 0.3 is 0 Å². The number of aromatic nitrogens is 2. The van der Waals surface area contributed by atoms with E-state index in [0.29, 0.717) is 27.4 Å². The molecular weight excluding hydrogens is 430 g/mol. The Morgan fingerprint density at radius 3 is 2.40 bits per heavy atom. The van der Waals surface area contributed by atoms with Gasteiger partial charge in [0.1, 0.15) is 0 Å². The van der Waals surface area contributed by atoms with E-state index >= 15 is 0 Å². The standard InChI is InChI=1S/C23H23N3OS3/c27-21(24-20(16-6-7-16)17-8-9-17)18-10-12-19(13-11-18)26-23(28)30-22(25-26)29-14-15-4-2-1-3-5-15/h1-5,10-13,16-17,20H,6-9,14H2,(H,24,27). The summed E-state index contributed by atoms with van der Waals surface area (Å²) in [5.41, 5.74) is 2.85. The Balaban J connectivity index is 1.25. The van der Waals surface area contributed by atoms with Gasteiger partial charge in [-0.15, -0.1) is 5.10 Å². The van der Waals surface area contributed by atoms with Gasteiger partial charge < -0.3 is 5.32 Å². The first-order valence-electron chi connectivity index (χ1n) is 10.4. The van der Waals surface area contributed by atoms with E-state index in [2.05, 4.69) is 22.5 Å². The third-order valence-electron chi connectivity index (χ3n) is 5.67. The van der Waals surface area contributed by atoms with Crippen LogP contribution in [-0.4, -0.2) is 21.7 Å². The molecule has 0 aliphatic heterocycles. The maximum Gasteiger partial charge on any atom is 0.251 e. The van der Waals surface area contributed by atoms with Gasteiger partial charge in [-0.05, 0) is 79.6 Å². The second-order valence-electron chi connectivity index (χ2n) is 8.04. The number of carbonyl (C=O) groups is 1. The first kappa shape index (κ1) is 20.0. The van der Waals surface area contributed by atoms with Crippen LogP contribution in [0.25, 0.3) is 5.69 Å². The maximum absolute atomic E-state index is 12.7. The van der Waals surface area contributed by atoms with Crippen molar-refractivity contribution in [3.05, 3.63) is 69.7 Å². The van der Waals surface area contributed by atoms with Crippen molar-refractivity contribution in [2.24, 2.45) is 11.8 Å². The Kier molecular flexibility index (Phi) is 5.76. The largest absolute Gasteiger partial charge is 0.349 e. The monoisotopic (exact) mass is 453 g/mol. The first-order chi connectivity index (χ1) is 14.7. The Morgan fingerprint density at radius 2 is 1.77 bits per heavy atom. The topological polar surface area (TPSA) is 46.9 Å². The molecule has 4 nitrogen and oxygen atoms in total. The van der Waals surface area contributed by atoms with E-state index in [1.165, 1.54) is 42.6 Å². The molecule has 0 bridgehead atoms. The number of benzene rings is 2. The number of hydrogen-bond acceptors (Lipinski definition) is 5. The van der Waals surface area contributed by atoms with Crippen molar-refractivity contribution in [3.63, 3.8) is 0 Å². The third kappa shape index (κ3) is 4.68. The van der Waals surface area contributed by atoms with Gasteiger partial charge in [0.2, 0.25) is 0 Å². The van der Waals surface area contributed by atoms with E-state index in [4.69, 9.17) is 12.2 Å². The van der Waals surface area contributed by atoms with Crippen molar-refractivity contribution >= 4 is 41.2 Å². The average molecular weight is 454 g/mol. The molecule has 1 amide bonds. The molecular formula is C23H23N3OS3. The van der Waals surface area contributed by atoms with Crippen LogP contribution in [-0.2, 0) is 5.75 Å². The van der Waals surface area contributed by atoms with Crippen LogP contribution in [0.15, 0.2) is 58.9 Å². The molecule has 3 aromatic rings. The van der Waals surface area contributed by atoms with Crippen LogP contribution in [0.5, 0.6) is 0 Å². The van der Waals surface area contributed by atoms with Crippen molar-refractivity contribution in [1.29, 1.82) is 0 Å². The summed E-state index contributed by atoms with van der Waals surface area (Å²) in [6.07, 6.45) is 5.03. The molecule has 2 aliphatic carbocycles. The zero-order valence-electron chi connectivity index (χ0n) is 16.5. The fourth-order valence-corrected chi connectivity index (χ4v) is 6.04. The van der Waals surface area contributed by atoms with Crippen LogP contribution in [0, 0.1) is 15.8 Å². The lowest BCUT2D eigenvalue weighted by molar-refractivity contribution is 0.0926. The Hall–Kier alpha value is -1.96. The predicted molar refractivity (Wildman–Crippen MR) is 125 cm³/mol. The second kappa shape index (κ2) is 8.65. The number of amides is 1. The van der Waals surface area contributed by atoms with Gasteiger partial charge in [-0.1, -0.05) is 53.4 Å². The molecule has 1 aromatic heterocycles. The van der Waals surface area contributed by atoms with Gasteiger partial charge in [-0.2, -0.15) is 0 Å². The van der Waals surface area contributed by atoms with Crippen molar-refractivity contribution in [1.82, 2.24) is 15.1 Å². The molecule has 154 valence electrons. The lowest BCUT2D eigenvalue weighted by Gasteiger charge is -2.17. The summed E-state index contributed by atoms with van der Waals surface area (Å²) >= 11 is 8.73. The summed E-state index contributed by atoms with van der Waals surface area (Å²) in [6.45, 7) is 0. The smallest absolute Gasteiger partial charge is 0.251 e. The van der Waals surface area contributed by atoms with Crippen LogP contribution in [0.1, 0.15) is 41.6 Å². The number of hydrogen-bond donors (Lipinski definition) is 1. The van der Waals surface area contributed by atoms with Crippen LogP contribution in [0.2, 0.25) is 0 Å². The Bertz CT molecular complexity index is 1070. The highest BCUT2D eigenvalue weighted by Crippen LogP contribution is 2.44. The van der Waals surface area contributed by atoms with Crippen molar-refractivity contribution in [2.75, 3.05) is 0 Å². The second-order valence-corrected chi connectivity index (χ2v) is 10.9. The first-order valence-corrected chi connectivity index (χ1v) is 12.6. The van der Waals surface area contributed by atoms with E-state index < -0.39 is 0 Å². The van der Waals surface area contributed by atoms with Gasteiger partial charge in [0.15, 0.2) is 8.29 Å². The lowest BCUT2D eigenvalue weighted by atomic mass is 10.1. The molecule has 0 atom stereocenters. The van der Waals surface area contributed by atoms with Crippen LogP contribution >= 0.6 is 35.3 Å². The molecule has 2 fully saturated rings. The van der Waals surface area contributed by atoms with Crippen LogP contribution in [0.4, 0.5) is 0 Å². The fraction of sp³-hybridized carbons (Fsp3) is 0.348. The number of thioether (sulfide) groups is 1. The fourth-order valence-electron chi connectivity index (χ4n) is 3.72. The molecule has 0 spiro atoms. The molecule has 2 saturated carbocycles. The highest BCUT2D eigenvalue weighted by molar-refractivity contribution is 8.00. The molecule has 0 radical (unpaired) electrons. The Labute approximate surface area is 189 Å². The van der Waals surface area contributed by atoms with E-state index in [-0.39, 0.29) is 5.91 Å². The van der Waals surface area contributed by atoms with Gasteiger partial charge in [-0.25, -0.2) is 4.68 Å². The van der Waals surface area contributed by atoms with Crippen LogP contribution in [0.3, 0.4) is 0 Å². The van der Waals surface area contributed by atoms with Gasteiger partial charge in [0.25, 0.3) is 5.91 Å². The predicted octanol–water partition coefficient (Wildman–Crippen LogP) is 5.87. The molecule has 2 aromatic carbocycles. The number of carbonyl (C=O) groups excluding carboxylic acids is 1.